The first-order valence-electron chi connectivity index (χ1n) is 8.73. The molecule has 27 heavy (non-hydrogen) atoms. The van der Waals surface area contributed by atoms with Crippen molar-refractivity contribution in [2.24, 2.45) is 0 Å². The minimum Gasteiger partial charge on any atom is -0.497 e. The lowest BCUT2D eigenvalue weighted by molar-refractivity contribution is -0.697. The van der Waals surface area contributed by atoms with Crippen LogP contribution in [0.15, 0.2) is 78.9 Å². The Bertz CT molecular complexity index is 882. The number of nitrogens with one attached hydrogen (secondary N) is 1. The summed E-state index contributed by atoms with van der Waals surface area (Å²) in [5.41, 5.74) is 2.53. The highest BCUT2D eigenvalue weighted by Gasteiger charge is 2.24. The fourth-order valence-corrected chi connectivity index (χ4v) is 2.85. The fraction of sp³-hybridized carbons (Fsp3) is 0.136. The Hall–Kier alpha value is -3.18. The molecule has 0 unspecified atom stereocenters. The second kappa shape index (κ2) is 8.96. The van der Waals surface area contributed by atoms with E-state index >= 15 is 0 Å². The van der Waals surface area contributed by atoms with E-state index in [0.29, 0.717) is 18.0 Å². The van der Waals surface area contributed by atoms with Crippen molar-refractivity contribution in [1.29, 1.82) is 0 Å². The lowest BCUT2D eigenvalue weighted by atomic mass is 10.1. The Labute approximate surface area is 158 Å². The fourth-order valence-electron chi connectivity index (χ4n) is 2.85. The molecule has 3 aromatic carbocycles. The van der Waals surface area contributed by atoms with Gasteiger partial charge in [-0.25, -0.2) is 4.39 Å². The minimum atomic E-state index is -0.428. The number of carbonyl (C=O) groups excluding carboxylic acids is 1. The maximum atomic E-state index is 13.1. The van der Waals surface area contributed by atoms with Crippen LogP contribution in [-0.2, 0) is 11.3 Å². The number of anilines is 1. The Morgan fingerprint density at radius 3 is 2.48 bits per heavy atom. The smallest absolute Gasteiger partial charge is 0.287 e. The number of benzene rings is 3. The molecule has 0 heterocycles. The number of hydrogen-bond acceptors (Lipinski definition) is 2. The number of rotatable bonds is 7. The van der Waals surface area contributed by atoms with Gasteiger partial charge < -0.3 is 15.4 Å². The predicted octanol–water partition coefficient (Wildman–Crippen LogP) is 3.28. The molecular formula is C22H22FN2O2+. The molecule has 0 aliphatic rings. The van der Waals surface area contributed by atoms with E-state index in [1.165, 1.54) is 12.1 Å². The van der Waals surface area contributed by atoms with Gasteiger partial charge in [0.25, 0.3) is 5.91 Å². The van der Waals surface area contributed by atoms with E-state index in [4.69, 9.17) is 4.74 Å². The van der Waals surface area contributed by atoms with E-state index in [0.717, 1.165) is 11.1 Å². The van der Waals surface area contributed by atoms with Crippen LogP contribution in [0.25, 0.3) is 0 Å². The lowest BCUT2D eigenvalue weighted by Gasteiger charge is -2.16. The zero-order valence-corrected chi connectivity index (χ0v) is 15.1. The van der Waals surface area contributed by atoms with Crippen LogP contribution in [0, 0.1) is 5.82 Å². The van der Waals surface area contributed by atoms with Crippen molar-refractivity contribution in [3.05, 3.63) is 95.8 Å². The molecule has 0 radical (unpaired) electrons. The molecule has 3 N–H and O–H groups in total. The topological polar surface area (TPSA) is 54.9 Å². The average molecular weight is 365 g/mol. The zero-order valence-electron chi connectivity index (χ0n) is 15.1. The summed E-state index contributed by atoms with van der Waals surface area (Å²) in [7, 11) is 1.59. The molecule has 0 aliphatic carbocycles. The molecule has 3 rings (SSSR count). The van der Waals surface area contributed by atoms with E-state index < -0.39 is 6.04 Å². The molecule has 0 saturated carbocycles. The van der Waals surface area contributed by atoms with E-state index in [2.05, 4.69) is 5.32 Å². The van der Waals surface area contributed by atoms with Gasteiger partial charge in [0, 0.05) is 22.9 Å². The van der Waals surface area contributed by atoms with Crippen molar-refractivity contribution < 1.29 is 19.2 Å². The van der Waals surface area contributed by atoms with Crippen molar-refractivity contribution >= 4 is 11.6 Å². The summed E-state index contributed by atoms with van der Waals surface area (Å²) in [5.74, 6) is 0.282. The van der Waals surface area contributed by atoms with Gasteiger partial charge in [0.2, 0.25) is 0 Å². The van der Waals surface area contributed by atoms with Gasteiger partial charge in [-0.15, -0.1) is 0 Å². The van der Waals surface area contributed by atoms with Crippen LogP contribution in [0.1, 0.15) is 17.2 Å². The van der Waals surface area contributed by atoms with Gasteiger partial charge in [-0.2, -0.15) is 0 Å². The first-order chi connectivity index (χ1) is 13.2. The molecule has 0 spiro atoms. The normalized spacial score (nSPS) is 11.6. The van der Waals surface area contributed by atoms with Crippen molar-refractivity contribution in [3.63, 3.8) is 0 Å². The largest absolute Gasteiger partial charge is 0.497 e. The van der Waals surface area contributed by atoms with Gasteiger partial charge in [-0.3, -0.25) is 4.79 Å². The van der Waals surface area contributed by atoms with Crippen LogP contribution in [0.5, 0.6) is 5.75 Å². The summed E-state index contributed by atoms with van der Waals surface area (Å²) in [4.78, 5) is 12.9. The third-order valence-electron chi connectivity index (χ3n) is 4.28. The quantitative estimate of drug-likeness (QED) is 0.675. The van der Waals surface area contributed by atoms with Crippen molar-refractivity contribution in [3.8, 4) is 5.75 Å². The van der Waals surface area contributed by atoms with Gasteiger partial charge in [-0.05, 0) is 24.3 Å². The second-order valence-corrected chi connectivity index (χ2v) is 6.18. The highest BCUT2D eigenvalue weighted by Crippen LogP contribution is 2.18. The Morgan fingerprint density at radius 2 is 1.78 bits per heavy atom. The number of amides is 1. The molecule has 1 amide bonds. The van der Waals surface area contributed by atoms with Gasteiger partial charge in [0.05, 0.1) is 7.11 Å². The first kappa shape index (κ1) is 18.6. The first-order valence-corrected chi connectivity index (χ1v) is 8.73. The molecule has 0 saturated heterocycles. The molecular weight excluding hydrogens is 343 g/mol. The monoisotopic (exact) mass is 365 g/mol. The summed E-state index contributed by atoms with van der Waals surface area (Å²) < 4.78 is 18.3. The molecule has 1 atom stereocenters. The summed E-state index contributed by atoms with van der Waals surface area (Å²) in [6, 6.07) is 22.7. The van der Waals surface area contributed by atoms with E-state index in [-0.39, 0.29) is 11.7 Å². The zero-order chi connectivity index (χ0) is 19.1. The lowest BCUT2D eigenvalue weighted by Crippen LogP contribution is -2.85. The Kier molecular flexibility index (Phi) is 6.18. The van der Waals surface area contributed by atoms with E-state index in [1.54, 1.807) is 25.3 Å². The second-order valence-electron chi connectivity index (χ2n) is 6.18. The highest BCUT2D eigenvalue weighted by molar-refractivity contribution is 5.94. The molecule has 5 heteroatoms. The SMILES string of the molecule is COc1cccc(NC(=O)[C@H]([NH2+]Cc2ccc(F)cc2)c2ccccc2)c1. The summed E-state index contributed by atoms with van der Waals surface area (Å²) in [5, 5.41) is 4.89. The third-order valence-corrected chi connectivity index (χ3v) is 4.28. The van der Waals surface area contributed by atoms with Crippen LogP contribution in [-0.4, -0.2) is 13.0 Å². The Balaban J connectivity index is 1.76. The number of hydrogen-bond donors (Lipinski definition) is 2. The summed E-state index contributed by atoms with van der Waals surface area (Å²) in [6.45, 7) is 0.561. The maximum absolute atomic E-state index is 13.1. The number of nitrogens with two attached hydrogens (primary N) is 1. The molecule has 0 fully saturated rings. The van der Waals surface area contributed by atoms with Gasteiger partial charge in [-0.1, -0.05) is 48.5 Å². The van der Waals surface area contributed by atoms with Crippen LogP contribution in [0.3, 0.4) is 0 Å². The maximum Gasteiger partial charge on any atom is 0.287 e. The molecule has 3 aromatic rings. The van der Waals surface area contributed by atoms with Crippen molar-refractivity contribution in [2.75, 3.05) is 12.4 Å². The van der Waals surface area contributed by atoms with Crippen LogP contribution in [0.4, 0.5) is 10.1 Å². The molecule has 138 valence electrons. The number of halogens is 1. The Morgan fingerprint density at radius 1 is 1.04 bits per heavy atom. The molecule has 4 nitrogen and oxygen atoms in total. The van der Waals surface area contributed by atoms with Crippen molar-refractivity contribution in [1.82, 2.24) is 0 Å². The standard InChI is InChI=1S/C22H21FN2O2/c1-27-20-9-5-8-19(14-20)25-22(26)21(17-6-3-2-4-7-17)24-15-16-10-12-18(23)13-11-16/h2-14,21,24H,15H2,1H3,(H,25,26)/p+1/t21-/m1/s1. The van der Waals surface area contributed by atoms with Crippen LogP contribution in [0.2, 0.25) is 0 Å². The van der Waals surface area contributed by atoms with Gasteiger partial charge in [0.1, 0.15) is 18.1 Å². The molecule has 0 bridgehead atoms. The number of methoxy groups -OCH3 is 1. The third kappa shape index (κ3) is 5.15. The average Bonchev–Trinajstić information content (AvgIpc) is 2.70. The van der Waals surface area contributed by atoms with Crippen LogP contribution < -0.4 is 15.4 Å². The van der Waals surface area contributed by atoms with Crippen LogP contribution >= 0.6 is 0 Å². The van der Waals surface area contributed by atoms with Crippen molar-refractivity contribution in [2.45, 2.75) is 12.6 Å². The molecule has 0 aliphatic heterocycles. The number of carbonyl (C=O) groups is 1. The summed E-state index contributed by atoms with van der Waals surface area (Å²) >= 11 is 0. The minimum absolute atomic E-state index is 0.128. The van der Waals surface area contributed by atoms with E-state index in [1.807, 2.05) is 53.8 Å². The highest BCUT2D eigenvalue weighted by atomic mass is 19.1. The molecule has 0 aromatic heterocycles. The van der Waals surface area contributed by atoms with Gasteiger partial charge in [0.15, 0.2) is 6.04 Å². The number of quaternary nitrogens is 1. The van der Waals surface area contributed by atoms with Gasteiger partial charge >= 0.3 is 0 Å². The number of ether oxygens (including phenoxy) is 1. The summed E-state index contributed by atoms with van der Waals surface area (Å²) in [6.07, 6.45) is 0. The van der Waals surface area contributed by atoms with E-state index in [9.17, 15) is 9.18 Å². The predicted molar refractivity (Wildman–Crippen MR) is 103 cm³/mol.